The van der Waals surface area contributed by atoms with Gasteiger partial charge in [0, 0.05) is 17.8 Å². The molecule has 2 aromatic rings. The highest BCUT2D eigenvalue weighted by Gasteiger charge is 1.98. The molecule has 2 rings (SSSR count). The number of hydrogen-bond donors (Lipinski definition) is 1. The number of nitrogen functional groups attached to an aromatic ring is 1. The largest absolute Gasteiger partial charge is 0.497 e. The van der Waals surface area contributed by atoms with Crippen molar-refractivity contribution in [2.24, 2.45) is 0 Å². The lowest BCUT2D eigenvalue weighted by molar-refractivity contribution is 0.216. The monoisotopic (exact) mass is 259 g/mol. The summed E-state index contributed by atoms with van der Waals surface area (Å²) in [5.74, 6) is 2.28. The molecular formula is C15H17NO3. The predicted molar refractivity (Wildman–Crippen MR) is 74.8 cm³/mol. The molecule has 0 aliphatic carbocycles. The first kappa shape index (κ1) is 13.1. The van der Waals surface area contributed by atoms with E-state index >= 15 is 0 Å². The number of anilines is 1. The first-order valence-electron chi connectivity index (χ1n) is 6.03. The number of methoxy groups -OCH3 is 1. The van der Waals surface area contributed by atoms with E-state index in [1.807, 2.05) is 42.5 Å². The lowest BCUT2D eigenvalue weighted by atomic mass is 10.3. The van der Waals surface area contributed by atoms with Crippen molar-refractivity contribution >= 4 is 5.69 Å². The van der Waals surface area contributed by atoms with Crippen LogP contribution < -0.4 is 19.9 Å². The maximum Gasteiger partial charge on any atom is 0.123 e. The number of hydrogen-bond acceptors (Lipinski definition) is 4. The molecule has 19 heavy (non-hydrogen) atoms. The van der Waals surface area contributed by atoms with Crippen LogP contribution in [0.3, 0.4) is 0 Å². The van der Waals surface area contributed by atoms with Crippen LogP contribution in [0.25, 0.3) is 0 Å². The Hall–Kier alpha value is -2.36. The summed E-state index contributed by atoms with van der Waals surface area (Å²) >= 11 is 0. The van der Waals surface area contributed by atoms with Crippen molar-refractivity contribution in [3.8, 4) is 17.2 Å². The molecule has 0 bridgehead atoms. The second-order valence-electron chi connectivity index (χ2n) is 3.95. The van der Waals surface area contributed by atoms with Crippen LogP contribution in [0, 0.1) is 0 Å². The highest BCUT2D eigenvalue weighted by molar-refractivity contribution is 5.43. The van der Waals surface area contributed by atoms with Crippen molar-refractivity contribution in [3.63, 3.8) is 0 Å². The Balaban J connectivity index is 1.77. The van der Waals surface area contributed by atoms with Gasteiger partial charge in [-0.2, -0.15) is 0 Å². The molecule has 2 aromatic carbocycles. The summed E-state index contributed by atoms with van der Waals surface area (Å²) in [6.07, 6.45) is 0. The molecule has 0 unspecified atom stereocenters. The molecule has 0 saturated heterocycles. The van der Waals surface area contributed by atoms with Crippen LogP contribution >= 0.6 is 0 Å². The van der Waals surface area contributed by atoms with E-state index in [4.69, 9.17) is 19.9 Å². The minimum absolute atomic E-state index is 0.459. The quantitative estimate of drug-likeness (QED) is 0.640. The zero-order valence-corrected chi connectivity index (χ0v) is 10.8. The summed E-state index contributed by atoms with van der Waals surface area (Å²) in [5, 5.41) is 0. The lowest BCUT2D eigenvalue weighted by Gasteiger charge is -2.09. The maximum absolute atomic E-state index is 5.66. The van der Waals surface area contributed by atoms with Gasteiger partial charge >= 0.3 is 0 Å². The summed E-state index contributed by atoms with van der Waals surface area (Å²) < 4.78 is 16.2. The highest BCUT2D eigenvalue weighted by atomic mass is 16.5. The van der Waals surface area contributed by atoms with Crippen LogP contribution in [-0.4, -0.2) is 20.3 Å². The average Bonchev–Trinajstić information content (AvgIpc) is 2.44. The van der Waals surface area contributed by atoms with Crippen LogP contribution in [0.1, 0.15) is 0 Å². The fraction of sp³-hybridized carbons (Fsp3) is 0.200. The topological polar surface area (TPSA) is 53.7 Å². The SMILES string of the molecule is COc1cccc(OCCOc2cccc(N)c2)c1. The maximum atomic E-state index is 5.66. The highest BCUT2D eigenvalue weighted by Crippen LogP contribution is 2.19. The third-order valence-electron chi connectivity index (χ3n) is 2.52. The third-order valence-corrected chi connectivity index (χ3v) is 2.52. The molecule has 100 valence electrons. The van der Waals surface area contributed by atoms with E-state index in [1.54, 1.807) is 13.2 Å². The second kappa shape index (κ2) is 6.54. The Kier molecular flexibility index (Phi) is 4.50. The van der Waals surface area contributed by atoms with Gasteiger partial charge in [0.25, 0.3) is 0 Å². The Morgan fingerprint density at radius 2 is 1.42 bits per heavy atom. The van der Waals surface area contributed by atoms with E-state index in [2.05, 4.69) is 0 Å². The van der Waals surface area contributed by atoms with E-state index in [0.717, 1.165) is 17.2 Å². The Morgan fingerprint density at radius 3 is 2.05 bits per heavy atom. The van der Waals surface area contributed by atoms with Gasteiger partial charge in [0.1, 0.15) is 30.5 Å². The van der Waals surface area contributed by atoms with Gasteiger partial charge in [-0.1, -0.05) is 12.1 Å². The first-order valence-corrected chi connectivity index (χ1v) is 6.03. The standard InChI is InChI=1S/C15H17NO3/c1-17-13-5-3-7-15(11-13)19-9-8-18-14-6-2-4-12(16)10-14/h2-7,10-11H,8-9,16H2,1H3. The van der Waals surface area contributed by atoms with Gasteiger partial charge in [-0.25, -0.2) is 0 Å². The van der Waals surface area contributed by atoms with E-state index in [9.17, 15) is 0 Å². The molecule has 0 saturated carbocycles. The van der Waals surface area contributed by atoms with Crippen molar-refractivity contribution in [2.45, 2.75) is 0 Å². The Bertz CT molecular complexity index is 528. The predicted octanol–water partition coefficient (Wildman–Crippen LogP) is 2.74. The molecular weight excluding hydrogens is 242 g/mol. The smallest absolute Gasteiger partial charge is 0.123 e. The molecule has 0 heterocycles. The molecule has 0 aliphatic rings. The minimum atomic E-state index is 0.459. The number of rotatable bonds is 6. The molecule has 4 nitrogen and oxygen atoms in total. The molecule has 0 radical (unpaired) electrons. The fourth-order valence-electron chi connectivity index (χ4n) is 1.61. The number of benzene rings is 2. The van der Waals surface area contributed by atoms with Gasteiger partial charge < -0.3 is 19.9 Å². The van der Waals surface area contributed by atoms with Crippen molar-refractivity contribution < 1.29 is 14.2 Å². The van der Waals surface area contributed by atoms with Gasteiger partial charge in [-0.05, 0) is 24.3 Å². The molecule has 0 atom stereocenters. The van der Waals surface area contributed by atoms with Crippen LogP contribution in [0.2, 0.25) is 0 Å². The second-order valence-corrected chi connectivity index (χ2v) is 3.95. The van der Waals surface area contributed by atoms with E-state index in [1.165, 1.54) is 0 Å². The summed E-state index contributed by atoms with van der Waals surface area (Å²) in [7, 11) is 1.63. The molecule has 0 aliphatic heterocycles. The number of nitrogens with two attached hydrogens (primary N) is 1. The summed E-state index contributed by atoms with van der Waals surface area (Å²) in [6, 6.07) is 14.8. The zero-order valence-electron chi connectivity index (χ0n) is 10.8. The fourth-order valence-corrected chi connectivity index (χ4v) is 1.61. The van der Waals surface area contributed by atoms with Gasteiger partial charge in [-0.15, -0.1) is 0 Å². The van der Waals surface area contributed by atoms with Gasteiger partial charge in [0.15, 0.2) is 0 Å². The van der Waals surface area contributed by atoms with Gasteiger partial charge in [0.05, 0.1) is 7.11 Å². The van der Waals surface area contributed by atoms with E-state index < -0.39 is 0 Å². The summed E-state index contributed by atoms with van der Waals surface area (Å²) in [6.45, 7) is 0.919. The molecule has 0 fully saturated rings. The van der Waals surface area contributed by atoms with Gasteiger partial charge in [0.2, 0.25) is 0 Å². The van der Waals surface area contributed by atoms with Crippen molar-refractivity contribution in [1.29, 1.82) is 0 Å². The van der Waals surface area contributed by atoms with Crippen molar-refractivity contribution in [1.82, 2.24) is 0 Å². The molecule has 4 heteroatoms. The zero-order chi connectivity index (χ0) is 13.5. The van der Waals surface area contributed by atoms with E-state index in [-0.39, 0.29) is 0 Å². The normalized spacial score (nSPS) is 9.95. The van der Waals surface area contributed by atoms with Crippen LogP contribution in [0.4, 0.5) is 5.69 Å². The van der Waals surface area contributed by atoms with Gasteiger partial charge in [-0.3, -0.25) is 0 Å². The molecule has 0 amide bonds. The molecule has 0 spiro atoms. The third kappa shape index (κ3) is 4.10. The summed E-state index contributed by atoms with van der Waals surface area (Å²) in [5.41, 5.74) is 6.35. The van der Waals surface area contributed by atoms with Crippen molar-refractivity contribution in [3.05, 3.63) is 48.5 Å². The number of ether oxygens (including phenoxy) is 3. The lowest BCUT2D eigenvalue weighted by Crippen LogP contribution is -2.09. The molecule has 2 N–H and O–H groups in total. The van der Waals surface area contributed by atoms with E-state index in [0.29, 0.717) is 18.9 Å². The van der Waals surface area contributed by atoms with Crippen LogP contribution in [-0.2, 0) is 0 Å². The Labute approximate surface area is 112 Å². The minimum Gasteiger partial charge on any atom is -0.497 e. The van der Waals surface area contributed by atoms with Crippen molar-refractivity contribution in [2.75, 3.05) is 26.1 Å². The molecule has 0 aromatic heterocycles. The summed E-state index contributed by atoms with van der Waals surface area (Å²) in [4.78, 5) is 0. The van der Waals surface area contributed by atoms with Crippen LogP contribution in [0.5, 0.6) is 17.2 Å². The Morgan fingerprint density at radius 1 is 0.842 bits per heavy atom. The average molecular weight is 259 g/mol. The van der Waals surface area contributed by atoms with Crippen LogP contribution in [0.15, 0.2) is 48.5 Å². The first-order chi connectivity index (χ1) is 9.28.